The summed E-state index contributed by atoms with van der Waals surface area (Å²) >= 11 is 0. The van der Waals surface area contributed by atoms with Crippen molar-refractivity contribution in [1.29, 1.82) is 0 Å². The normalized spacial score (nSPS) is 22.2. The van der Waals surface area contributed by atoms with Crippen LogP contribution in [0.5, 0.6) is 0 Å². The van der Waals surface area contributed by atoms with Crippen LogP contribution in [0.25, 0.3) is 0 Å². The molecule has 0 radical (unpaired) electrons. The van der Waals surface area contributed by atoms with Crippen LogP contribution in [-0.4, -0.2) is 24.4 Å². The number of hydrogen-bond donors (Lipinski definition) is 3. The van der Waals surface area contributed by atoms with E-state index in [0.717, 1.165) is 25.8 Å². The molecular formula is C15H21N3O2. The van der Waals surface area contributed by atoms with Crippen LogP contribution < -0.4 is 16.4 Å². The van der Waals surface area contributed by atoms with Crippen molar-refractivity contribution in [2.24, 2.45) is 11.7 Å². The van der Waals surface area contributed by atoms with Gasteiger partial charge in [-0.1, -0.05) is 13.3 Å². The van der Waals surface area contributed by atoms with Crippen LogP contribution in [0.4, 0.5) is 5.69 Å². The molecule has 108 valence electrons. The first-order valence-electron chi connectivity index (χ1n) is 7.04. The number of nitrogens with two attached hydrogens (primary N) is 1. The molecule has 5 heteroatoms. The number of piperidine rings is 1. The van der Waals surface area contributed by atoms with Crippen LogP contribution in [0.1, 0.15) is 36.5 Å². The highest BCUT2D eigenvalue weighted by molar-refractivity contribution is 5.96. The van der Waals surface area contributed by atoms with Gasteiger partial charge in [0.1, 0.15) is 0 Å². The number of carbonyl (C=O) groups is 2. The summed E-state index contributed by atoms with van der Waals surface area (Å²) in [6, 6.07) is 6.47. The van der Waals surface area contributed by atoms with Crippen LogP contribution in [-0.2, 0) is 4.79 Å². The fourth-order valence-electron chi connectivity index (χ4n) is 2.51. The molecule has 0 bridgehead atoms. The van der Waals surface area contributed by atoms with E-state index in [9.17, 15) is 9.59 Å². The number of amides is 2. The van der Waals surface area contributed by atoms with E-state index in [1.807, 2.05) is 0 Å². The summed E-state index contributed by atoms with van der Waals surface area (Å²) in [5.41, 5.74) is 6.29. The Morgan fingerprint density at radius 3 is 2.65 bits per heavy atom. The van der Waals surface area contributed by atoms with Gasteiger partial charge >= 0.3 is 0 Å². The van der Waals surface area contributed by atoms with Crippen molar-refractivity contribution in [2.75, 3.05) is 11.9 Å². The average Bonchev–Trinajstić information content (AvgIpc) is 2.47. The second-order valence-corrected chi connectivity index (χ2v) is 5.24. The first-order chi connectivity index (χ1) is 9.60. The molecule has 1 aromatic rings. The van der Waals surface area contributed by atoms with E-state index in [1.54, 1.807) is 24.3 Å². The van der Waals surface area contributed by atoms with Gasteiger partial charge in [0.05, 0.1) is 6.04 Å². The highest BCUT2D eigenvalue weighted by Gasteiger charge is 2.25. The molecule has 2 rings (SSSR count). The predicted octanol–water partition coefficient (Wildman–Crippen LogP) is 1.50. The van der Waals surface area contributed by atoms with E-state index in [4.69, 9.17) is 5.73 Å². The Balaban J connectivity index is 1.95. The minimum absolute atomic E-state index is 0.0185. The van der Waals surface area contributed by atoms with Gasteiger partial charge in [-0.15, -0.1) is 0 Å². The van der Waals surface area contributed by atoms with Gasteiger partial charge < -0.3 is 16.4 Å². The van der Waals surface area contributed by atoms with Crippen molar-refractivity contribution < 1.29 is 9.59 Å². The van der Waals surface area contributed by atoms with Crippen LogP contribution in [0.3, 0.4) is 0 Å². The summed E-state index contributed by atoms with van der Waals surface area (Å²) in [7, 11) is 0. The van der Waals surface area contributed by atoms with Crippen LogP contribution in [0.2, 0.25) is 0 Å². The van der Waals surface area contributed by atoms with Crippen molar-refractivity contribution >= 4 is 17.5 Å². The summed E-state index contributed by atoms with van der Waals surface area (Å²) in [6.07, 6.45) is 3.12. The molecule has 20 heavy (non-hydrogen) atoms. The Hall–Kier alpha value is -1.88. The lowest BCUT2D eigenvalue weighted by atomic mass is 9.90. The van der Waals surface area contributed by atoms with E-state index in [-0.39, 0.29) is 11.9 Å². The number of hydrogen-bond acceptors (Lipinski definition) is 3. The number of primary amides is 1. The molecule has 1 fully saturated rings. The molecule has 2 unspecified atom stereocenters. The molecule has 0 spiro atoms. The highest BCUT2D eigenvalue weighted by atomic mass is 16.2. The standard InChI is InChI=1S/C15H21N3O2/c1-2-10-7-8-17-13(9-10)15(20)18-12-5-3-11(4-6-12)14(16)19/h3-6,10,13,17H,2,7-9H2,1H3,(H2,16,19)(H,18,20). The van der Waals surface area contributed by atoms with Gasteiger partial charge in [-0.3, -0.25) is 9.59 Å². The summed E-state index contributed by atoms with van der Waals surface area (Å²) in [4.78, 5) is 23.2. The molecule has 2 atom stereocenters. The van der Waals surface area contributed by atoms with Gasteiger partial charge in [0.25, 0.3) is 0 Å². The molecule has 2 amide bonds. The monoisotopic (exact) mass is 275 g/mol. The zero-order chi connectivity index (χ0) is 14.5. The predicted molar refractivity (Wildman–Crippen MR) is 78.4 cm³/mol. The number of benzene rings is 1. The quantitative estimate of drug-likeness (QED) is 0.778. The maximum absolute atomic E-state index is 12.2. The second kappa shape index (κ2) is 6.52. The largest absolute Gasteiger partial charge is 0.366 e. The molecule has 0 aromatic heterocycles. The maximum atomic E-state index is 12.2. The Labute approximate surface area is 118 Å². The van der Waals surface area contributed by atoms with Crippen LogP contribution >= 0.6 is 0 Å². The van der Waals surface area contributed by atoms with Crippen molar-refractivity contribution in [1.82, 2.24) is 5.32 Å². The molecule has 1 aliphatic heterocycles. The number of carbonyl (C=O) groups excluding carboxylic acids is 2. The first kappa shape index (κ1) is 14.5. The molecule has 1 heterocycles. The third-order valence-corrected chi connectivity index (χ3v) is 3.84. The van der Waals surface area contributed by atoms with Gasteiger partial charge in [0.15, 0.2) is 0 Å². The molecule has 0 saturated carbocycles. The lowest BCUT2D eigenvalue weighted by molar-refractivity contribution is -0.119. The highest BCUT2D eigenvalue weighted by Crippen LogP contribution is 2.20. The Bertz CT molecular complexity index is 484. The van der Waals surface area contributed by atoms with E-state index >= 15 is 0 Å². The minimum Gasteiger partial charge on any atom is -0.366 e. The van der Waals surface area contributed by atoms with Crippen LogP contribution in [0.15, 0.2) is 24.3 Å². The SMILES string of the molecule is CCC1CCNC(C(=O)Nc2ccc(C(N)=O)cc2)C1. The van der Waals surface area contributed by atoms with Gasteiger partial charge in [-0.2, -0.15) is 0 Å². The van der Waals surface area contributed by atoms with E-state index in [2.05, 4.69) is 17.6 Å². The second-order valence-electron chi connectivity index (χ2n) is 5.24. The van der Waals surface area contributed by atoms with Crippen LogP contribution in [0, 0.1) is 5.92 Å². The topological polar surface area (TPSA) is 84.2 Å². The van der Waals surface area contributed by atoms with Gasteiger partial charge in [0.2, 0.25) is 11.8 Å². The van der Waals surface area contributed by atoms with E-state index in [1.165, 1.54) is 0 Å². The van der Waals surface area contributed by atoms with Gasteiger partial charge in [-0.05, 0) is 49.6 Å². The van der Waals surface area contributed by atoms with Crippen molar-refractivity contribution in [3.63, 3.8) is 0 Å². The molecule has 1 saturated heterocycles. The van der Waals surface area contributed by atoms with E-state index < -0.39 is 5.91 Å². The lowest BCUT2D eigenvalue weighted by Gasteiger charge is -2.28. The van der Waals surface area contributed by atoms with E-state index in [0.29, 0.717) is 17.2 Å². The van der Waals surface area contributed by atoms with Gasteiger partial charge in [0, 0.05) is 11.3 Å². The molecule has 1 aliphatic rings. The number of rotatable bonds is 4. The third kappa shape index (κ3) is 3.57. The summed E-state index contributed by atoms with van der Waals surface area (Å²) in [5.74, 6) is 0.127. The zero-order valence-corrected chi connectivity index (χ0v) is 11.7. The summed E-state index contributed by atoms with van der Waals surface area (Å²) in [6.45, 7) is 3.05. The number of nitrogens with one attached hydrogen (secondary N) is 2. The fraction of sp³-hybridized carbons (Fsp3) is 0.467. The van der Waals surface area contributed by atoms with Gasteiger partial charge in [-0.25, -0.2) is 0 Å². The third-order valence-electron chi connectivity index (χ3n) is 3.84. The average molecular weight is 275 g/mol. The number of anilines is 1. The van der Waals surface area contributed by atoms with Crippen molar-refractivity contribution in [3.8, 4) is 0 Å². The molecule has 1 aromatic carbocycles. The zero-order valence-electron chi connectivity index (χ0n) is 11.7. The first-order valence-corrected chi connectivity index (χ1v) is 7.04. The molecule has 0 aliphatic carbocycles. The molecule has 4 N–H and O–H groups in total. The maximum Gasteiger partial charge on any atom is 0.248 e. The van der Waals surface area contributed by atoms with Crippen molar-refractivity contribution in [3.05, 3.63) is 29.8 Å². The lowest BCUT2D eigenvalue weighted by Crippen LogP contribution is -2.46. The Morgan fingerprint density at radius 2 is 2.05 bits per heavy atom. The summed E-state index contributed by atoms with van der Waals surface area (Å²) in [5, 5.41) is 6.12. The smallest absolute Gasteiger partial charge is 0.248 e. The van der Waals surface area contributed by atoms with Crippen molar-refractivity contribution in [2.45, 2.75) is 32.2 Å². The minimum atomic E-state index is -0.470. The molecular weight excluding hydrogens is 254 g/mol. The Kier molecular flexibility index (Phi) is 4.74. The molecule has 5 nitrogen and oxygen atoms in total. The Morgan fingerprint density at radius 1 is 1.35 bits per heavy atom. The summed E-state index contributed by atoms with van der Waals surface area (Å²) < 4.78 is 0. The fourth-order valence-corrected chi connectivity index (χ4v) is 2.51.